The number of carbonyl (C=O) groups excluding carboxylic acids is 1. The van der Waals surface area contributed by atoms with Crippen LogP contribution in [-0.4, -0.2) is 17.4 Å². The molecule has 6 nitrogen and oxygen atoms in total. The predicted octanol–water partition coefficient (Wildman–Crippen LogP) is 5.46. The number of hydrogen-bond donors (Lipinski definition) is 1. The average Bonchev–Trinajstić information content (AvgIpc) is 3.20. The van der Waals surface area contributed by atoms with Crippen LogP contribution in [-0.2, 0) is 16.4 Å². The molecule has 30 heavy (non-hydrogen) atoms. The summed E-state index contributed by atoms with van der Waals surface area (Å²) < 4.78 is 45.2. The van der Waals surface area contributed by atoms with Crippen molar-refractivity contribution in [3.63, 3.8) is 0 Å². The molecule has 0 heterocycles. The molecular formula is C21H21F3N2O4. The molecule has 1 amide bonds. The van der Waals surface area contributed by atoms with Gasteiger partial charge in [0.1, 0.15) is 5.75 Å². The largest absolute Gasteiger partial charge is 0.493 e. The van der Waals surface area contributed by atoms with E-state index < -0.39 is 28.0 Å². The molecule has 0 bridgehead atoms. The van der Waals surface area contributed by atoms with E-state index in [2.05, 4.69) is 5.32 Å². The first-order chi connectivity index (χ1) is 14.2. The van der Waals surface area contributed by atoms with Gasteiger partial charge in [-0.15, -0.1) is 0 Å². The maximum absolute atomic E-state index is 13.4. The Labute approximate surface area is 171 Å². The number of ether oxygens (including phenoxy) is 1. The third kappa shape index (κ3) is 4.24. The van der Waals surface area contributed by atoms with Crippen LogP contribution < -0.4 is 10.1 Å². The van der Waals surface area contributed by atoms with Crippen LogP contribution in [0.2, 0.25) is 0 Å². The summed E-state index contributed by atoms with van der Waals surface area (Å²) in [4.78, 5) is 23.5. The number of nitrogens with zero attached hydrogens (tertiary/aromatic N) is 1. The lowest BCUT2D eigenvalue weighted by molar-refractivity contribution is -0.384. The fourth-order valence-electron chi connectivity index (χ4n) is 3.89. The van der Waals surface area contributed by atoms with E-state index in [1.807, 2.05) is 0 Å². The summed E-state index contributed by atoms with van der Waals surface area (Å²) in [5, 5.41) is 13.5. The van der Waals surface area contributed by atoms with Crippen LogP contribution in [0.5, 0.6) is 5.75 Å². The van der Waals surface area contributed by atoms with E-state index >= 15 is 0 Å². The Morgan fingerprint density at radius 1 is 1.17 bits per heavy atom. The molecular weight excluding hydrogens is 401 g/mol. The number of halogens is 3. The maximum Gasteiger partial charge on any atom is 0.420 e. The zero-order chi connectivity index (χ0) is 21.9. The van der Waals surface area contributed by atoms with Crippen molar-refractivity contribution in [3.8, 4) is 5.75 Å². The molecule has 2 aromatic rings. The molecule has 9 heteroatoms. The molecule has 1 N–H and O–H groups in total. The van der Waals surface area contributed by atoms with Gasteiger partial charge in [-0.2, -0.15) is 13.2 Å². The number of non-ortho nitro benzene ring substituents is 1. The molecule has 2 aromatic carbocycles. The standard InChI is InChI=1S/C21H21F3N2O4/c1-2-30-18-10-7-15(13-17(18)21(22,23)24)25-19(27)20(11-3-4-12-20)14-5-8-16(9-6-14)26(28)29/h5-10,13H,2-4,11-12H2,1H3,(H,25,27). The number of benzene rings is 2. The number of anilines is 1. The number of nitro benzene ring substituents is 1. The van der Waals surface area contributed by atoms with Gasteiger partial charge in [0.25, 0.3) is 5.69 Å². The Kier molecular flexibility index (Phi) is 6.00. The quantitative estimate of drug-likeness (QED) is 0.495. The summed E-state index contributed by atoms with van der Waals surface area (Å²) in [6.07, 6.45) is -2.04. The van der Waals surface area contributed by atoms with Crippen molar-refractivity contribution in [1.82, 2.24) is 0 Å². The highest BCUT2D eigenvalue weighted by molar-refractivity contribution is 5.99. The van der Waals surface area contributed by atoms with E-state index in [0.717, 1.165) is 18.9 Å². The summed E-state index contributed by atoms with van der Waals surface area (Å²) in [6, 6.07) is 9.18. The van der Waals surface area contributed by atoms with Gasteiger partial charge in [0, 0.05) is 17.8 Å². The van der Waals surface area contributed by atoms with Crippen molar-refractivity contribution in [1.29, 1.82) is 0 Å². The second kappa shape index (κ2) is 8.33. The van der Waals surface area contributed by atoms with Crippen molar-refractivity contribution in [2.75, 3.05) is 11.9 Å². The number of hydrogen-bond acceptors (Lipinski definition) is 4. The molecule has 0 unspecified atom stereocenters. The molecule has 160 valence electrons. The normalized spacial score (nSPS) is 15.6. The molecule has 1 aliphatic carbocycles. The Balaban J connectivity index is 1.91. The summed E-state index contributed by atoms with van der Waals surface area (Å²) in [5.74, 6) is -0.722. The topological polar surface area (TPSA) is 81.5 Å². The van der Waals surface area contributed by atoms with E-state index in [4.69, 9.17) is 4.74 Å². The van der Waals surface area contributed by atoms with Crippen LogP contribution >= 0.6 is 0 Å². The molecule has 0 aromatic heterocycles. The van der Waals surface area contributed by atoms with Gasteiger partial charge < -0.3 is 10.1 Å². The highest BCUT2D eigenvalue weighted by Crippen LogP contribution is 2.43. The van der Waals surface area contributed by atoms with E-state index in [9.17, 15) is 28.1 Å². The number of nitro groups is 1. The molecule has 0 atom stereocenters. The fourth-order valence-corrected chi connectivity index (χ4v) is 3.89. The predicted molar refractivity (Wildman–Crippen MR) is 104 cm³/mol. The lowest BCUT2D eigenvalue weighted by Crippen LogP contribution is -2.38. The highest BCUT2D eigenvalue weighted by Gasteiger charge is 2.43. The van der Waals surface area contributed by atoms with Crippen LogP contribution in [0, 0.1) is 10.1 Å². The van der Waals surface area contributed by atoms with Crippen LogP contribution in [0.1, 0.15) is 43.7 Å². The Morgan fingerprint density at radius 3 is 2.33 bits per heavy atom. The van der Waals surface area contributed by atoms with Crippen molar-refractivity contribution in [2.24, 2.45) is 0 Å². The summed E-state index contributed by atoms with van der Waals surface area (Å²) in [7, 11) is 0. The first kappa shape index (κ1) is 21.6. The number of rotatable bonds is 6. The first-order valence-electron chi connectivity index (χ1n) is 9.58. The van der Waals surface area contributed by atoms with Gasteiger partial charge in [-0.05, 0) is 43.5 Å². The number of carbonyl (C=O) groups is 1. The van der Waals surface area contributed by atoms with Crippen molar-refractivity contribution < 1.29 is 27.6 Å². The van der Waals surface area contributed by atoms with E-state index in [1.54, 1.807) is 19.1 Å². The van der Waals surface area contributed by atoms with Gasteiger partial charge in [-0.3, -0.25) is 14.9 Å². The van der Waals surface area contributed by atoms with Crippen LogP contribution in [0.25, 0.3) is 0 Å². The van der Waals surface area contributed by atoms with Gasteiger partial charge >= 0.3 is 6.18 Å². The van der Waals surface area contributed by atoms with Gasteiger partial charge in [0.2, 0.25) is 5.91 Å². The fraction of sp³-hybridized carbons (Fsp3) is 0.381. The SMILES string of the molecule is CCOc1ccc(NC(=O)C2(c3ccc([N+](=O)[O-])cc3)CCCC2)cc1C(F)(F)F. The van der Waals surface area contributed by atoms with Gasteiger partial charge in [-0.25, -0.2) is 0 Å². The molecule has 0 radical (unpaired) electrons. The Bertz CT molecular complexity index is 936. The number of amides is 1. The molecule has 0 spiro atoms. The monoisotopic (exact) mass is 422 g/mol. The Morgan fingerprint density at radius 2 is 1.80 bits per heavy atom. The zero-order valence-electron chi connectivity index (χ0n) is 16.3. The zero-order valence-corrected chi connectivity index (χ0v) is 16.3. The first-order valence-corrected chi connectivity index (χ1v) is 9.58. The van der Waals surface area contributed by atoms with Gasteiger partial charge in [0.05, 0.1) is 22.5 Å². The summed E-state index contributed by atoms with van der Waals surface area (Å²) in [6.45, 7) is 1.67. The molecule has 0 saturated heterocycles. The van der Waals surface area contributed by atoms with Crippen LogP contribution in [0.4, 0.5) is 24.5 Å². The summed E-state index contributed by atoms with van der Waals surface area (Å²) >= 11 is 0. The summed E-state index contributed by atoms with van der Waals surface area (Å²) in [5.41, 5.74) is -1.35. The van der Waals surface area contributed by atoms with E-state index in [0.29, 0.717) is 18.4 Å². The van der Waals surface area contributed by atoms with Crippen molar-refractivity contribution >= 4 is 17.3 Å². The molecule has 3 rings (SSSR count). The lowest BCUT2D eigenvalue weighted by atomic mass is 9.78. The molecule has 0 aliphatic heterocycles. The molecule has 1 aliphatic rings. The second-order valence-corrected chi connectivity index (χ2v) is 7.19. The van der Waals surface area contributed by atoms with Crippen molar-refractivity contribution in [2.45, 2.75) is 44.2 Å². The smallest absolute Gasteiger partial charge is 0.420 e. The average molecular weight is 422 g/mol. The minimum atomic E-state index is -4.63. The molecule has 1 saturated carbocycles. The van der Waals surface area contributed by atoms with Gasteiger partial charge in [-0.1, -0.05) is 25.0 Å². The van der Waals surface area contributed by atoms with Crippen LogP contribution in [0.15, 0.2) is 42.5 Å². The molecule has 1 fully saturated rings. The van der Waals surface area contributed by atoms with Crippen LogP contribution in [0.3, 0.4) is 0 Å². The second-order valence-electron chi connectivity index (χ2n) is 7.19. The number of alkyl halides is 3. The third-order valence-corrected chi connectivity index (χ3v) is 5.37. The highest BCUT2D eigenvalue weighted by atomic mass is 19.4. The van der Waals surface area contributed by atoms with E-state index in [1.165, 1.54) is 24.3 Å². The van der Waals surface area contributed by atoms with E-state index in [-0.39, 0.29) is 23.7 Å². The minimum absolute atomic E-state index is 0.0176. The Hall–Kier alpha value is -3.10. The number of nitrogens with one attached hydrogen (secondary N) is 1. The maximum atomic E-state index is 13.4. The third-order valence-electron chi connectivity index (χ3n) is 5.37. The lowest BCUT2D eigenvalue weighted by Gasteiger charge is -2.28. The van der Waals surface area contributed by atoms with Crippen molar-refractivity contribution in [3.05, 3.63) is 63.7 Å². The van der Waals surface area contributed by atoms with Gasteiger partial charge in [0.15, 0.2) is 0 Å². The minimum Gasteiger partial charge on any atom is -0.493 e.